The normalized spacial score (nSPS) is 18.7. The molecule has 0 unspecified atom stereocenters. The Morgan fingerprint density at radius 2 is 1.95 bits per heavy atom. The minimum absolute atomic E-state index is 0.0299. The van der Waals surface area contributed by atoms with E-state index in [0.29, 0.717) is 25.9 Å². The Labute approximate surface area is 115 Å². The Bertz CT molecular complexity index is 387. The van der Waals surface area contributed by atoms with Crippen molar-refractivity contribution >= 4 is 15.9 Å². The second-order valence-electron chi connectivity index (χ2n) is 5.00. The average molecular weight is 292 g/mol. The summed E-state index contributed by atoms with van der Waals surface area (Å²) in [5, 5.41) is 2.88. The van der Waals surface area contributed by atoms with Crippen molar-refractivity contribution in [2.45, 2.75) is 45.8 Å². The van der Waals surface area contributed by atoms with Crippen molar-refractivity contribution in [3.63, 3.8) is 0 Å². The fraction of sp³-hybridized carbons (Fsp3) is 0.917. The zero-order valence-electron chi connectivity index (χ0n) is 11.9. The van der Waals surface area contributed by atoms with Crippen LogP contribution in [-0.4, -0.2) is 56.2 Å². The van der Waals surface area contributed by atoms with Crippen LogP contribution < -0.4 is 5.32 Å². The molecular weight excluding hydrogens is 268 g/mol. The molecule has 1 aliphatic rings. The van der Waals surface area contributed by atoms with E-state index in [1.807, 2.05) is 13.8 Å². The van der Waals surface area contributed by atoms with Gasteiger partial charge in [0.15, 0.2) is 0 Å². The number of amides is 1. The zero-order valence-corrected chi connectivity index (χ0v) is 12.7. The van der Waals surface area contributed by atoms with Crippen LogP contribution in [0.1, 0.15) is 33.6 Å². The van der Waals surface area contributed by atoms with E-state index in [9.17, 15) is 13.2 Å². The Kier molecular flexibility index (Phi) is 6.22. The predicted octanol–water partition coefficient (Wildman–Crippen LogP) is 0.342. The van der Waals surface area contributed by atoms with Gasteiger partial charge in [-0.1, -0.05) is 0 Å². The Morgan fingerprint density at radius 3 is 2.42 bits per heavy atom. The van der Waals surface area contributed by atoms with Crippen LogP contribution in [0, 0.1) is 0 Å². The van der Waals surface area contributed by atoms with Crippen molar-refractivity contribution in [1.82, 2.24) is 9.62 Å². The van der Waals surface area contributed by atoms with Gasteiger partial charge in [0.05, 0.1) is 11.9 Å². The molecule has 1 rings (SSSR count). The third-order valence-corrected chi connectivity index (χ3v) is 5.01. The number of hydrogen-bond donors (Lipinski definition) is 1. The fourth-order valence-electron chi connectivity index (χ4n) is 1.97. The second kappa shape index (κ2) is 7.21. The summed E-state index contributed by atoms with van der Waals surface area (Å²) in [7, 11) is -3.10. The van der Waals surface area contributed by atoms with Crippen molar-refractivity contribution in [2.24, 2.45) is 0 Å². The van der Waals surface area contributed by atoms with E-state index in [4.69, 9.17) is 4.74 Å². The number of nitrogens with zero attached hydrogens (tertiary/aromatic N) is 1. The molecule has 1 heterocycles. The second-order valence-corrected chi connectivity index (χ2v) is 7.26. The molecule has 0 aromatic rings. The molecule has 0 aliphatic carbocycles. The number of carbonyl (C=O) groups excluding carboxylic acids is 1. The van der Waals surface area contributed by atoms with Crippen LogP contribution in [0.2, 0.25) is 0 Å². The van der Waals surface area contributed by atoms with E-state index < -0.39 is 10.0 Å². The molecule has 0 bridgehead atoms. The topological polar surface area (TPSA) is 75.7 Å². The van der Waals surface area contributed by atoms with Gasteiger partial charge in [0.25, 0.3) is 0 Å². The van der Waals surface area contributed by atoms with E-state index >= 15 is 0 Å². The van der Waals surface area contributed by atoms with Gasteiger partial charge in [0.1, 0.15) is 6.61 Å². The van der Waals surface area contributed by atoms with Crippen LogP contribution in [0.5, 0.6) is 0 Å². The summed E-state index contributed by atoms with van der Waals surface area (Å²) in [5.41, 5.74) is 0. The smallest absolute Gasteiger partial charge is 0.246 e. The lowest BCUT2D eigenvalue weighted by Gasteiger charge is -2.31. The highest BCUT2D eigenvalue weighted by atomic mass is 32.2. The van der Waals surface area contributed by atoms with E-state index in [0.717, 1.165) is 0 Å². The molecular formula is C12H24N2O4S. The number of carbonyl (C=O) groups is 1. The van der Waals surface area contributed by atoms with Crippen LogP contribution in [-0.2, 0) is 19.6 Å². The van der Waals surface area contributed by atoms with Gasteiger partial charge in [0.2, 0.25) is 15.9 Å². The molecule has 1 aliphatic heterocycles. The van der Waals surface area contributed by atoms with Crippen LogP contribution >= 0.6 is 0 Å². The SMILES string of the molecule is CCS(=O)(=O)N1CCC(NC(=O)COC(C)C)CC1. The van der Waals surface area contributed by atoms with E-state index in [-0.39, 0.29) is 30.4 Å². The van der Waals surface area contributed by atoms with E-state index in [1.54, 1.807) is 6.92 Å². The first-order chi connectivity index (χ1) is 8.85. The van der Waals surface area contributed by atoms with Crippen molar-refractivity contribution in [3.05, 3.63) is 0 Å². The third-order valence-electron chi connectivity index (χ3n) is 3.12. The summed E-state index contributed by atoms with van der Waals surface area (Å²) in [6, 6.07) is 0.0477. The lowest BCUT2D eigenvalue weighted by atomic mass is 10.1. The molecule has 1 amide bonds. The highest BCUT2D eigenvalue weighted by Gasteiger charge is 2.27. The van der Waals surface area contributed by atoms with Gasteiger partial charge in [0, 0.05) is 19.1 Å². The summed E-state index contributed by atoms with van der Waals surface area (Å²) in [4.78, 5) is 11.6. The maximum atomic E-state index is 11.7. The number of rotatable bonds is 6. The first-order valence-electron chi connectivity index (χ1n) is 6.74. The zero-order chi connectivity index (χ0) is 14.5. The summed E-state index contributed by atoms with van der Waals surface area (Å²) in [6.45, 7) is 6.42. The van der Waals surface area contributed by atoms with Gasteiger partial charge >= 0.3 is 0 Å². The number of sulfonamides is 1. The first kappa shape index (κ1) is 16.4. The van der Waals surface area contributed by atoms with Gasteiger partial charge in [-0.3, -0.25) is 4.79 Å². The van der Waals surface area contributed by atoms with Crippen molar-refractivity contribution in [1.29, 1.82) is 0 Å². The molecule has 7 heteroatoms. The third kappa shape index (κ3) is 5.46. The molecule has 0 aromatic heterocycles. The molecule has 0 atom stereocenters. The van der Waals surface area contributed by atoms with Gasteiger partial charge in [-0.25, -0.2) is 12.7 Å². The highest BCUT2D eigenvalue weighted by molar-refractivity contribution is 7.89. The average Bonchev–Trinajstić information content (AvgIpc) is 2.37. The standard InChI is InChI=1S/C12H24N2O4S/c1-4-19(16,17)14-7-5-11(6-8-14)13-12(15)9-18-10(2)3/h10-11H,4-9H2,1-3H3,(H,13,15). The number of nitrogens with one attached hydrogen (secondary N) is 1. The lowest BCUT2D eigenvalue weighted by molar-refractivity contribution is -0.128. The number of piperidine rings is 1. The van der Waals surface area contributed by atoms with Crippen LogP contribution in [0.4, 0.5) is 0 Å². The van der Waals surface area contributed by atoms with Gasteiger partial charge < -0.3 is 10.1 Å². The summed E-state index contributed by atoms with van der Waals surface area (Å²) in [6.07, 6.45) is 1.35. The van der Waals surface area contributed by atoms with Gasteiger partial charge in [-0.15, -0.1) is 0 Å². The predicted molar refractivity (Wildman–Crippen MR) is 73.3 cm³/mol. The van der Waals surface area contributed by atoms with Gasteiger partial charge in [-0.2, -0.15) is 0 Å². The molecule has 112 valence electrons. The molecule has 0 saturated carbocycles. The monoisotopic (exact) mass is 292 g/mol. The quantitative estimate of drug-likeness (QED) is 0.766. The maximum absolute atomic E-state index is 11.7. The van der Waals surface area contributed by atoms with Crippen molar-refractivity contribution in [2.75, 3.05) is 25.4 Å². The van der Waals surface area contributed by atoms with Crippen LogP contribution in [0.25, 0.3) is 0 Å². The molecule has 1 N–H and O–H groups in total. The van der Waals surface area contributed by atoms with Crippen molar-refractivity contribution < 1.29 is 17.9 Å². The Morgan fingerprint density at radius 1 is 1.37 bits per heavy atom. The molecule has 1 fully saturated rings. The Balaban J connectivity index is 2.32. The summed E-state index contributed by atoms with van der Waals surface area (Å²) in [5.74, 6) is -0.00259. The number of ether oxygens (including phenoxy) is 1. The fourth-order valence-corrected chi connectivity index (χ4v) is 3.10. The minimum Gasteiger partial charge on any atom is -0.369 e. The van der Waals surface area contributed by atoms with Gasteiger partial charge in [-0.05, 0) is 33.6 Å². The van der Waals surface area contributed by atoms with E-state index in [1.165, 1.54) is 4.31 Å². The molecule has 0 aromatic carbocycles. The van der Waals surface area contributed by atoms with Crippen LogP contribution in [0.15, 0.2) is 0 Å². The van der Waals surface area contributed by atoms with Crippen LogP contribution in [0.3, 0.4) is 0 Å². The molecule has 19 heavy (non-hydrogen) atoms. The van der Waals surface area contributed by atoms with Crippen molar-refractivity contribution in [3.8, 4) is 0 Å². The first-order valence-corrected chi connectivity index (χ1v) is 8.35. The largest absolute Gasteiger partial charge is 0.369 e. The molecule has 6 nitrogen and oxygen atoms in total. The lowest BCUT2D eigenvalue weighted by Crippen LogP contribution is -2.47. The molecule has 0 radical (unpaired) electrons. The highest BCUT2D eigenvalue weighted by Crippen LogP contribution is 2.14. The molecule has 1 saturated heterocycles. The summed E-state index contributed by atoms with van der Waals surface area (Å²) >= 11 is 0. The maximum Gasteiger partial charge on any atom is 0.246 e. The molecule has 0 spiro atoms. The Hall–Kier alpha value is -0.660. The van der Waals surface area contributed by atoms with E-state index in [2.05, 4.69) is 5.32 Å². The summed E-state index contributed by atoms with van der Waals surface area (Å²) < 4.78 is 30.1. The minimum atomic E-state index is -3.10. The number of hydrogen-bond acceptors (Lipinski definition) is 4.